The van der Waals surface area contributed by atoms with Gasteiger partial charge in [0.05, 0.1) is 11.4 Å². The number of rotatable bonds is 4. The number of benzene rings is 1. The number of anilines is 1. The number of hydrogen-bond donors (Lipinski definition) is 1. The number of likely N-dealkylation sites (tertiary alicyclic amines) is 1. The quantitative estimate of drug-likeness (QED) is 0.715. The van der Waals surface area contributed by atoms with Crippen LogP contribution in [0, 0.1) is 20.8 Å². The molecule has 30 heavy (non-hydrogen) atoms. The zero-order chi connectivity index (χ0) is 21.3. The highest BCUT2D eigenvalue weighted by atomic mass is 16.5. The maximum atomic E-state index is 13.0. The molecule has 1 fully saturated rings. The molecule has 3 aromatic rings. The fraction of sp³-hybridized carbons (Fsp3) is 0.364. The summed E-state index contributed by atoms with van der Waals surface area (Å²) >= 11 is 0. The molecular weight excluding hydrogens is 382 g/mol. The molecule has 1 aromatic carbocycles. The summed E-state index contributed by atoms with van der Waals surface area (Å²) in [6.45, 7) is 6.22. The van der Waals surface area contributed by atoms with E-state index in [9.17, 15) is 9.59 Å². The molecule has 0 spiro atoms. The fourth-order valence-corrected chi connectivity index (χ4v) is 3.86. The molecule has 2 aromatic heterocycles. The Morgan fingerprint density at radius 3 is 2.50 bits per heavy atom. The minimum absolute atomic E-state index is 0.192. The average Bonchev–Trinajstić information content (AvgIpc) is 3.32. The molecule has 0 saturated carbocycles. The van der Waals surface area contributed by atoms with Crippen LogP contribution in [0.15, 0.2) is 40.9 Å². The molecule has 4 rings (SSSR count). The van der Waals surface area contributed by atoms with Gasteiger partial charge in [0.15, 0.2) is 5.69 Å². The zero-order valence-corrected chi connectivity index (χ0v) is 17.4. The minimum Gasteiger partial charge on any atom is -0.361 e. The lowest BCUT2D eigenvalue weighted by atomic mass is 10.0. The Bertz CT molecular complexity index is 1070. The van der Waals surface area contributed by atoms with E-state index < -0.39 is 6.04 Å². The summed E-state index contributed by atoms with van der Waals surface area (Å²) in [5.41, 5.74) is 3.84. The standard InChI is InChI=1S/C22H25N5O3/c1-14-12-15(2)27(24-14)18-9-7-17(8-10-18)23-21(28)20-6-4-5-11-26(20)22(29)19-13-16(3)30-25-19/h7-10,12-13,20H,4-6,11H2,1-3H3,(H,23,28). The van der Waals surface area contributed by atoms with Crippen molar-refractivity contribution in [3.05, 3.63) is 59.2 Å². The van der Waals surface area contributed by atoms with Crippen LogP contribution in [0.4, 0.5) is 5.69 Å². The van der Waals surface area contributed by atoms with Crippen molar-refractivity contribution in [1.29, 1.82) is 0 Å². The molecule has 8 heteroatoms. The molecule has 1 N–H and O–H groups in total. The SMILES string of the molecule is Cc1cc(C)n(-c2ccc(NC(=O)C3CCCCN3C(=O)c3cc(C)on3)cc2)n1. The molecule has 0 bridgehead atoms. The largest absolute Gasteiger partial charge is 0.361 e. The minimum atomic E-state index is -0.529. The average molecular weight is 407 g/mol. The predicted molar refractivity (Wildman–Crippen MR) is 112 cm³/mol. The van der Waals surface area contributed by atoms with Crippen molar-refractivity contribution >= 4 is 17.5 Å². The molecule has 3 heterocycles. The number of carbonyl (C=O) groups is 2. The molecule has 1 atom stereocenters. The highest BCUT2D eigenvalue weighted by Crippen LogP contribution is 2.22. The van der Waals surface area contributed by atoms with E-state index in [4.69, 9.17) is 4.52 Å². The van der Waals surface area contributed by atoms with Gasteiger partial charge in [0.1, 0.15) is 11.8 Å². The Morgan fingerprint density at radius 1 is 1.10 bits per heavy atom. The second-order valence-electron chi connectivity index (χ2n) is 7.71. The number of carbonyl (C=O) groups excluding carboxylic acids is 2. The lowest BCUT2D eigenvalue weighted by Crippen LogP contribution is -2.50. The maximum Gasteiger partial charge on any atom is 0.276 e. The number of aromatic nitrogens is 3. The van der Waals surface area contributed by atoms with Gasteiger partial charge in [0, 0.05) is 24.0 Å². The van der Waals surface area contributed by atoms with Gasteiger partial charge in [0.2, 0.25) is 5.91 Å². The Labute approximate surface area is 174 Å². The first-order valence-corrected chi connectivity index (χ1v) is 10.1. The van der Waals surface area contributed by atoms with E-state index >= 15 is 0 Å². The summed E-state index contributed by atoms with van der Waals surface area (Å²) in [4.78, 5) is 27.4. The number of nitrogens with zero attached hydrogens (tertiary/aromatic N) is 4. The Morgan fingerprint density at radius 2 is 1.87 bits per heavy atom. The van der Waals surface area contributed by atoms with Crippen molar-refractivity contribution in [2.75, 3.05) is 11.9 Å². The highest BCUT2D eigenvalue weighted by Gasteiger charge is 2.33. The Hall–Kier alpha value is -3.42. The summed E-state index contributed by atoms with van der Waals surface area (Å²) in [5.74, 6) is 0.104. The second kappa shape index (κ2) is 8.14. The molecule has 8 nitrogen and oxygen atoms in total. The summed E-state index contributed by atoms with van der Waals surface area (Å²) in [6, 6.07) is 10.6. The Kier molecular flexibility index (Phi) is 5.39. The molecule has 2 amide bonds. The van der Waals surface area contributed by atoms with Crippen LogP contribution >= 0.6 is 0 Å². The summed E-state index contributed by atoms with van der Waals surface area (Å²) in [6.07, 6.45) is 2.39. The first-order chi connectivity index (χ1) is 14.4. The summed E-state index contributed by atoms with van der Waals surface area (Å²) in [7, 11) is 0. The van der Waals surface area contributed by atoms with E-state index in [1.165, 1.54) is 0 Å². The van der Waals surface area contributed by atoms with Gasteiger partial charge in [-0.25, -0.2) is 4.68 Å². The predicted octanol–water partition coefficient (Wildman–Crippen LogP) is 3.42. The topological polar surface area (TPSA) is 93.3 Å². The van der Waals surface area contributed by atoms with E-state index in [2.05, 4.69) is 15.6 Å². The van der Waals surface area contributed by atoms with Gasteiger partial charge < -0.3 is 14.7 Å². The van der Waals surface area contributed by atoms with E-state index in [0.717, 1.165) is 29.9 Å². The Balaban J connectivity index is 1.47. The molecule has 1 aliphatic heterocycles. The number of hydrogen-bond acceptors (Lipinski definition) is 5. The molecule has 0 aliphatic carbocycles. The van der Waals surface area contributed by atoms with E-state index in [0.29, 0.717) is 24.4 Å². The van der Waals surface area contributed by atoms with Crippen LogP contribution in [0.3, 0.4) is 0 Å². The van der Waals surface area contributed by atoms with Crippen molar-refractivity contribution in [3.8, 4) is 5.69 Å². The lowest BCUT2D eigenvalue weighted by molar-refractivity contribution is -0.121. The third-order valence-corrected chi connectivity index (χ3v) is 5.30. The van der Waals surface area contributed by atoms with E-state index in [1.54, 1.807) is 17.9 Å². The molecule has 1 aliphatic rings. The number of piperidine rings is 1. The van der Waals surface area contributed by atoms with Gasteiger partial charge >= 0.3 is 0 Å². The van der Waals surface area contributed by atoms with Gasteiger partial charge in [-0.05, 0) is 70.4 Å². The molecular formula is C22H25N5O3. The van der Waals surface area contributed by atoms with Crippen molar-refractivity contribution < 1.29 is 14.1 Å². The van der Waals surface area contributed by atoms with Crippen molar-refractivity contribution in [3.63, 3.8) is 0 Å². The summed E-state index contributed by atoms with van der Waals surface area (Å²) < 4.78 is 6.88. The van der Waals surface area contributed by atoms with Crippen LogP contribution in [0.2, 0.25) is 0 Å². The van der Waals surface area contributed by atoms with Crippen molar-refractivity contribution in [2.24, 2.45) is 0 Å². The van der Waals surface area contributed by atoms with Crippen LogP contribution in [0.5, 0.6) is 0 Å². The zero-order valence-electron chi connectivity index (χ0n) is 17.4. The van der Waals surface area contributed by atoms with Gasteiger partial charge in [-0.1, -0.05) is 5.16 Å². The van der Waals surface area contributed by atoms with Gasteiger partial charge in [-0.2, -0.15) is 5.10 Å². The second-order valence-corrected chi connectivity index (χ2v) is 7.71. The van der Waals surface area contributed by atoms with Crippen molar-refractivity contribution in [1.82, 2.24) is 19.8 Å². The normalized spacial score (nSPS) is 16.5. The number of amides is 2. The van der Waals surface area contributed by atoms with Gasteiger partial charge in [0.25, 0.3) is 5.91 Å². The first-order valence-electron chi connectivity index (χ1n) is 10.1. The van der Waals surface area contributed by atoms with Crippen LogP contribution in [0.25, 0.3) is 5.69 Å². The molecule has 0 radical (unpaired) electrons. The van der Waals surface area contributed by atoms with E-state index in [-0.39, 0.29) is 17.5 Å². The number of nitrogens with one attached hydrogen (secondary N) is 1. The fourth-order valence-electron chi connectivity index (χ4n) is 3.86. The third-order valence-electron chi connectivity index (χ3n) is 5.30. The lowest BCUT2D eigenvalue weighted by Gasteiger charge is -2.34. The molecule has 1 saturated heterocycles. The van der Waals surface area contributed by atoms with Crippen LogP contribution in [0.1, 0.15) is 46.9 Å². The highest BCUT2D eigenvalue weighted by molar-refractivity contribution is 6.00. The third kappa shape index (κ3) is 3.98. The van der Waals surface area contributed by atoms with E-state index in [1.807, 2.05) is 48.9 Å². The summed E-state index contributed by atoms with van der Waals surface area (Å²) in [5, 5.41) is 11.2. The smallest absolute Gasteiger partial charge is 0.276 e. The van der Waals surface area contributed by atoms with Crippen LogP contribution in [-0.2, 0) is 4.79 Å². The van der Waals surface area contributed by atoms with Crippen LogP contribution in [-0.4, -0.2) is 44.2 Å². The van der Waals surface area contributed by atoms with Crippen molar-refractivity contribution in [2.45, 2.75) is 46.1 Å². The van der Waals surface area contributed by atoms with Gasteiger partial charge in [-0.15, -0.1) is 0 Å². The molecule has 156 valence electrons. The maximum absolute atomic E-state index is 13.0. The monoisotopic (exact) mass is 407 g/mol. The first kappa shape index (κ1) is 19.9. The molecule has 1 unspecified atom stereocenters. The van der Waals surface area contributed by atoms with Gasteiger partial charge in [-0.3, -0.25) is 9.59 Å². The number of aryl methyl sites for hydroxylation is 3. The van der Waals surface area contributed by atoms with Crippen LogP contribution < -0.4 is 5.32 Å².